The lowest BCUT2D eigenvalue weighted by molar-refractivity contribution is 0.267. The van der Waals surface area contributed by atoms with E-state index in [1.54, 1.807) is 22.1 Å². The molecule has 2 saturated carbocycles. The van der Waals surface area contributed by atoms with E-state index in [4.69, 9.17) is 0 Å². The first kappa shape index (κ1) is 15.0. The molecule has 5 nitrogen and oxygen atoms in total. The summed E-state index contributed by atoms with van der Waals surface area (Å²) in [5.41, 5.74) is 4.15. The van der Waals surface area contributed by atoms with Gasteiger partial charge in [0.1, 0.15) is 0 Å². The highest BCUT2D eigenvalue weighted by atomic mass is 32.1. The van der Waals surface area contributed by atoms with E-state index in [-0.39, 0.29) is 11.6 Å². The maximum absolute atomic E-state index is 12.2. The molecule has 2 fully saturated rings. The van der Waals surface area contributed by atoms with Crippen molar-refractivity contribution in [1.82, 2.24) is 20.1 Å². The summed E-state index contributed by atoms with van der Waals surface area (Å²) in [5.74, 6) is 0.595. The molecule has 0 bridgehead atoms. The van der Waals surface area contributed by atoms with E-state index in [0.29, 0.717) is 12.0 Å². The summed E-state index contributed by atoms with van der Waals surface area (Å²) in [6.45, 7) is 0.841. The lowest BCUT2D eigenvalue weighted by Gasteiger charge is -2.29. The summed E-state index contributed by atoms with van der Waals surface area (Å²) in [4.78, 5) is 16.5. The highest BCUT2D eigenvalue weighted by Gasteiger charge is 2.28. The molecule has 0 atom stereocenters. The smallest absolute Gasteiger partial charge is 0.267 e. The minimum atomic E-state index is 0.0493. The van der Waals surface area contributed by atoms with Crippen molar-refractivity contribution in [3.05, 3.63) is 44.8 Å². The number of aromatic nitrogens is 3. The first-order valence-electron chi connectivity index (χ1n) is 8.50. The van der Waals surface area contributed by atoms with E-state index in [1.165, 1.54) is 12.8 Å². The van der Waals surface area contributed by atoms with Crippen molar-refractivity contribution < 1.29 is 0 Å². The number of thiazole rings is 1. The lowest BCUT2D eigenvalue weighted by atomic mass is 9.91. The summed E-state index contributed by atoms with van der Waals surface area (Å²) < 4.78 is 1.75. The van der Waals surface area contributed by atoms with Gasteiger partial charge in [-0.3, -0.25) is 4.79 Å². The highest BCUT2D eigenvalue weighted by Crippen LogP contribution is 2.38. The maximum Gasteiger partial charge on any atom is 0.267 e. The van der Waals surface area contributed by atoms with Crippen molar-refractivity contribution in [3.63, 3.8) is 0 Å². The predicted molar refractivity (Wildman–Crippen MR) is 90.7 cm³/mol. The molecule has 0 spiro atoms. The monoisotopic (exact) mass is 330 g/mol. The molecule has 2 heterocycles. The number of rotatable bonds is 5. The molecular weight excluding hydrogens is 308 g/mol. The fourth-order valence-corrected chi connectivity index (χ4v) is 3.96. The van der Waals surface area contributed by atoms with Gasteiger partial charge in [0.2, 0.25) is 0 Å². The van der Waals surface area contributed by atoms with Crippen molar-refractivity contribution in [2.45, 2.75) is 63.1 Å². The van der Waals surface area contributed by atoms with Crippen LogP contribution in [0.1, 0.15) is 61.9 Å². The molecule has 6 heteroatoms. The van der Waals surface area contributed by atoms with Gasteiger partial charge in [0.25, 0.3) is 5.56 Å². The fourth-order valence-electron chi connectivity index (χ4n) is 3.40. The third-order valence-electron chi connectivity index (χ3n) is 4.94. The molecule has 0 amide bonds. The van der Waals surface area contributed by atoms with Crippen LogP contribution in [0.4, 0.5) is 0 Å². The van der Waals surface area contributed by atoms with Crippen LogP contribution in [-0.4, -0.2) is 20.8 Å². The van der Waals surface area contributed by atoms with Gasteiger partial charge in [-0.2, -0.15) is 5.10 Å². The number of hydrogen-bond acceptors (Lipinski definition) is 5. The molecule has 0 aliphatic heterocycles. The Morgan fingerprint density at radius 2 is 2.00 bits per heavy atom. The molecular formula is C17H22N4OS. The molecule has 4 rings (SSSR count). The van der Waals surface area contributed by atoms with E-state index in [2.05, 4.69) is 20.8 Å². The van der Waals surface area contributed by atoms with E-state index in [0.717, 1.165) is 43.6 Å². The Bertz CT molecular complexity index is 700. The summed E-state index contributed by atoms with van der Waals surface area (Å²) >= 11 is 1.64. The zero-order chi connectivity index (χ0) is 15.6. The van der Waals surface area contributed by atoms with Crippen molar-refractivity contribution in [1.29, 1.82) is 0 Å². The molecule has 2 aliphatic carbocycles. The predicted octanol–water partition coefficient (Wildman–Crippen LogP) is 2.85. The second kappa shape index (κ2) is 6.53. The Hall–Kier alpha value is -1.53. The summed E-state index contributed by atoms with van der Waals surface area (Å²) in [5, 5.41) is 10.3. The normalized spacial score (nSPS) is 24.7. The van der Waals surface area contributed by atoms with Gasteiger partial charge >= 0.3 is 0 Å². The van der Waals surface area contributed by atoms with E-state index < -0.39 is 0 Å². The number of nitrogens with one attached hydrogen (secondary N) is 1. The molecule has 2 aromatic heterocycles. The Labute approximate surface area is 139 Å². The Morgan fingerprint density at radius 1 is 1.17 bits per heavy atom. The Kier molecular flexibility index (Phi) is 4.27. The largest absolute Gasteiger partial charge is 0.308 e. The molecule has 1 N–H and O–H groups in total. The van der Waals surface area contributed by atoms with Crippen LogP contribution < -0.4 is 10.9 Å². The van der Waals surface area contributed by atoms with Crippen molar-refractivity contribution in [2.75, 3.05) is 0 Å². The average molecular weight is 330 g/mol. The summed E-state index contributed by atoms with van der Waals surface area (Å²) in [7, 11) is 0. The second-order valence-electron chi connectivity index (χ2n) is 6.68. The van der Waals surface area contributed by atoms with Gasteiger partial charge in [0.05, 0.1) is 22.9 Å². The number of hydrogen-bond donors (Lipinski definition) is 1. The molecule has 0 saturated heterocycles. The molecule has 2 aliphatic rings. The van der Waals surface area contributed by atoms with Crippen LogP contribution in [0.25, 0.3) is 0 Å². The van der Waals surface area contributed by atoms with Gasteiger partial charge < -0.3 is 5.32 Å². The van der Waals surface area contributed by atoms with Gasteiger partial charge in [-0.05, 0) is 44.6 Å². The second-order valence-corrected chi connectivity index (χ2v) is 7.40. The topological polar surface area (TPSA) is 59.8 Å². The van der Waals surface area contributed by atoms with Gasteiger partial charge in [-0.25, -0.2) is 9.67 Å². The summed E-state index contributed by atoms with van der Waals surface area (Å²) in [6, 6.07) is 4.40. The zero-order valence-corrected chi connectivity index (χ0v) is 14.0. The average Bonchev–Trinajstić information content (AvgIpc) is 3.30. The van der Waals surface area contributed by atoms with Gasteiger partial charge in [0.15, 0.2) is 0 Å². The Morgan fingerprint density at radius 3 is 2.70 bits per heavy atom. The molecule has 2 aromatic rings. The van der Waals surface area contributed by atoms with Crippen LogP contribution in [0.3, 0.4) is 0 Å². The quantitative estimate of drug-likeness (QED) is 0.916. The standard InChI is InChI=1S/C17H22N4OS/c22-17-8-7-16(12-1-2-12)20-21(17)15-5-3-13(4-6-15)18-9-14-10-23-11-19-14/h7-8,10-13,15,18H,1-6,9H2. The van der Waals surface area contributed by atoms with Crippen LogP contribution in [-0.2, 0) is 6.54 Å². The third kappa shape index (κ3) is 3.53. The van der Waals surface area contributed by atoms with Gasteiger partial charge in [-0.1, -0.05) is 0 Å². The van der Waals surface area contributed by atoms with Gasteiger partial charge in [-0.15, -0.1) is 11.3 Å². The molecule has 0 radical (unpaired) electrons. The van der Waals surface area contributed by atoms with Gasteiger partial charge in [0, 0.05) is 30.0 Å². The van der Waals surface area contributed by atoms with Crippen molar-refractivity contribution in [2.24, 2.45) is 0 Å². The molecule has 23 heavy (non-hydrogen) atoms. The third-order valence-corrected chi connectivity index (χ3v) is 5.57. The fraction of sp³-hybridized carbons (Fsp3) is 0.588. The minimum absolute atomic E-state index is 0.0493. The van der Waals surface area contributed by atoms with E-state index in [1.807, 2.05) is 11.6 Å². The first-order chi connectivity index (χ1) is 11.3. The minimum Gasteiger partial charge on any atom is -0.308 e. The molecule has 122 valence electrons. The SMILES string of the molecule is O=c1ccc(C2CC2)nn1C1CCC(NCc2cscn2)CC1. The summed E-state index contributed by atoms with van der Waals surface area (Å²) in [6.07, 6.45) is 6.68. The van der Waals surface area contributed by atoms with Crippen LogP contribution in [0.5, 0.6) is 0 Å². The zero-order valence-electron chi connectivity index (χ0n) is 13.1. The van der Waals surface area contributed by atoms with Crippen LogP contribution in [0.2, 0.25) is 0 Å². The van der Waals surface area contributed by atoms with E-state index in [9.17, 15) is 4.79 Å². The van der Waals surface area contributed by atoms with Crippen LogP contribution in [0.15, 0.2) is 27.8 Å². The number of nitrogens with zero attached hydrogens (tertiary/aromatic N) is 3. The van der Waals surface area contributed by atoms with Crippen molar-refractivity contribution >= 4 is 11.3 Å². The van der Waals surface area contributed by atoms with Crippen LogP contribution >= 0.6 is 11.3 Å². The highest BCUT2D eigenvalue weighted by molar-refractivity contribution is 7.07. The maximum atomic E-state index is 12.2. The van der Waals surface area contributed by atoms with Crippen LogP contribution in [0, 0.1) is 0 Å². The first-order valence-corrected chi connectivity index (χ1v) is 9.44. The molecule has 0 unspecified atom stereocenters. The Balaban J connectivity index is 1.35. The van der Waals surface area contributed by atoms with Crippen molar-refractivity contribution in [3.8, 4) is 0 Å². The van der Waals surface area contributed by atoms with E-state index >= 15 is 0 Å². The lowest BCUT2D eigenvalue weighted by Crippen LogP contribution is -2.36. The molecule has 0 aromatic carbocycles.